The molecule has 0 amide bonds. The van der Waals surface area contributed by atoms with Gasteiger partial charge in [0.05, 0.1) is 0 Å². The fourth-order valence-corrected chi connectivity index (χ4v) is 3.38. The highest BCUT2D eigenvalue weighted by Crippen LogP contribution is 2.48. The van der Waals surface area contributed by atoms with E-state index in [1.54, 1.807) is 0 Å². The third-order valence-corrected chi connectivity index (χ3v) is 4.53. The molecule has 2 fully saturated rings. The molecule has 0 aromatic carbocycles. The van der Waals surface area contributed by atoms with E-state index in [-0.39, 0.29) is 0 Å². The van der Waals surface area contributed by atoms with Gasteiger partial charge in [0.25, 0.3) is 0 Å². The smallest absolute Gasteiger partial charge is 0.00386 e. The number of likely N-dealkylation sites (tertiary alicyclic amines) is 1. The van der Waals surface area contributed by atoms with E-state index >= 15 is 0 Å². The summed E-state index contributed by atoms with van der Waals surface area (Å²) in [6.45, 7) is 17.6. The molecule has 102 valence electrons. The Balaban J connectivity index is 0.000000686. The van der Waals surface area contributed by atoms with E-state index in [0.29, 0.717) is 10.8 Å². The van der Waals surface area contributed by atoms with Crippen molar-refractivity contribution in [3.05, 3.63) is 0 Å². The second-order valence-electron chi connectivity index (χ2n) is 7.29. The van der Waals surface area contributed by atoms with E-state index in [1.807, 2.05) is 13.8 Å². The predicted molar refractivity (Wildman–Crippen MR) is 77.3 cm³/mol. The monoisotopic (exact) mass is 239 g/mol. The number of hydrogen-bond donors (Lipinski definition) is 0. The molecule has 17 heavy (non-hydrogen) atoms. The van der Waals surface area contributed by atoms with Crippen molar-refractivity contribution in [2.75, 3.05) is 19.6 Å². The van der Waals surface area contributed by atoms with Crippen molar-refractivity contribution in [1.82, 2.24) is 4.90 Å². The number of fused-ring (bicyclic) bond motifs is 1. The second-order valence-corrected chi connectivity index (χ2v) is 7.29. The molecule has 1 aliphatic carbocycles. The van der Waals surface area contributed by atoms with Gasteiger partial charge in [-0.05, 0) is 42.6 Å². The zero-order valence-corrected chi connectivity index (χ0v) is 13.0. The fraction of sp³-hybridized carbons (Fsp3) is 1.00. The molecule has 0 radical (unpaired) electrons. The first-order valence-electron chi connectivity index (χ1n) is 7.61. The lowest BCUT2D eigenvalue weighted by Gasteiger charge is -2.25. The summed E-state index contributed by atoms with van der Waals surface area (Å²) in [5, 5.41) is 0. The van der Waals surface area contributed by atoms with Gasteiger partial charge in [0.1, 0.15) is 0 Å². The second kappa shape index (κ2) is 5.73. The molecule has 1 heteroatoms. The lowest BCUT2D eigenvalue weighted by molar-refractivity contribution is 0.233. The van der Waals surface area contributed by atoms with Gasteiger partial charge in [-0.25, -0.2) is 0 Å². The Kier molecular flexibility index (Phi) is 5.07. The highest BCUT2D eigenvalue weighted by atomic mass is 15.2. The third-order valence-electron chi connectivity index (χ3n) is 4.53. The van der Waals surface area contributed by atoms with Crippen LogP contribution in [0.3, 0.4) is 0 Å². The van der Waals surface area contributed by atoms with Gasteiger partial charge in [-0.3, -0.25) is 0 Å². The average Bonchev–Trinajstić information content (AvgIpc) is 2.71. The highest BCUT2D eigenvalue weighted by Gasteiger charge is 2.45. The largest absolute Gasteiger partial charge is 0.302 e. The van der Waals surface area contributed by atoms with Gasteiger partial charge in [-0.2, -0.15) is 0 Å². The van der Waals surface area contributed by atoms with Crippen LogP contribution in [-0.4, -0.2) is 24.5 Å². The van der Waals surface area contributed by atoms with Gasteiger partial charge in [-0.1, -0.05) is 48.0 Å². The van der Waals surface area contributed by atoms with Crippen LogP contribution in [0.5, 0.6) is 0 Å². The van der Waals surface area contributed by atoms with Crippen molar-refractivity contribution in [1.29, 1.82) is 0 Å². The van der Waals surface area contributed by atoms with Crippen LogP contribution < -0.4 is 0 Å². The third kappa shape index (κ3) is 3.98. The summed E-state index contributed by atoms with van der Waals surface area (Å²) in [5.41, 5.74) is 1.18. The zero-order chi connectivity index (χ0) is 13.1. The van der Waals surface area contributed by atoms with Crippen LogP contribution in [0.2, 0.25) is 0 Å². The van der Waals surface area contributed by atoms with Gasteiger partial charge in [0, 0.05) is 13.1 Å². The number of hydrogen-bond acceptors (Lipinski definition) is 1. The molecule has 0 spiro atoms. The minimum Gasteiger partial charge on any atom is -0.302 e. The number of nitrogens with zero attached hydrogens (tertiary/aromatic N) is 1. The van der Waals surface area contributed by atoms with Gasteiger partial charge >= 0.3 is 0 Å². The Morgan fingerprint density at radius 1 is 1.24 bits per heavy atom. The van der Waals surface area contributed by atoms with Crippen LogP contribution in [0.1, 0.15) is 67.2 Å². The molecule has 2 aliphatic rings. The molecule has 0 aromatic heterocycles. The molecule has 1 aliphatic heterocycles. The van der Waals surface area contributed by atoms with Crippen LogP contribution in [0.25, 0.3) is 0 Å². The summed E-state index contributed by atoms with van der Waals surface area (Å²) < 4.78 is 0. The van der Waals surface area contributed by atoms with Gasteiger partial charge in [0.15, 0.2) is 0 Å². The Morgan fingerprint density at radius 2 is 1.88 bits per heavy atom. The van der Waals surface area contributed by atoms with Crippen LogP contribution in [0.15, 0.2) is 0 Å². The minimum absolute atomic E-state index is 0.499. The molecule has 0 aromatic rings. The van der Waals surface area contributed by atoms with E-state index in [1.165, 1.54) is 45.3 Å². The predicted octanol–water partition coefficient (Wildman–Crippen LogP) is 4.57. The van der Waals surface area contributed by atoms with Crippen LogP contribution in [-0.2, 0) is 0 Å². The Bertz CT molecular complexity index is 228. The zero-order valence-electron chi connectivity index (χ0n) is 13.0. The average molecular weight is 239 g/mol. The Hall–Kier alpha value is -0.0400. The molecule has 0 N–H and O–H groups in total. The van der Waals surface area contributed by atoms with Gasteiger partial charge in [-0.15, -0.1) is 0 Å². The maximum absolute atomic E-state index is 2.72. The lowest BCUT2D eigenvalue weighted by atomic mass is 9.83. The summed E-state index contributed by atoms with van der Waals surface area (Å²) in [6.07, 6.45) is 5.79. The van der Waals surface area contributed by atoms with Crippen molar-refractivity contribution in [2.45, 2.75) is 67.2 Å². The summed E-state index contributed by atoms with van der Waals surface area (Å²) in [4.78, 5) is 2.72. The molecular weight excluding hydrogens is 206 g/mol. The van der Waals surface area contributed by atoms with Crippen LogP contribution in [0.4, 0.5) is 0 Å². The fourth-order valence-electron chi connectivity index (χ4n) is 3.38. The first-order chi connectivity index (χ1) is 7.89. The van der Waals surface area contributed by atoms with Crippen molar-refractivity contribution in [3.8, 4) is 0 Å². The van der Waals surface area contributed by atoms with Crippen LogP contribution in [0, 0.1) is 16.7 Å². The molecule has 1 saturated heterocycles. The normalized spacial score (nSPS) is 33.2. The van der Waals surface area contributed by atoms with Crippen molar-refractivity contribution >= 4 is 0 Å². The quantitative estimate of drug-likeness (QED) is 0.682. The van der Waals surface area contributed by atoms with Crippen molar-refractivity contribution < 1.29 is 0 Å². The molecular formula is C16H33N. The first kappa shape index (κ1) is 15.0. The summed E-state index contributed by atoms with van der Waals surface area (Å²) in [5.74, 6) is 1.01. The number of rotatable bonds is 2. The molecule has 2 atom stereocenters. The Labute approximate surface area is 109 Å². The standard InChI is InChI=1S/C14H27N.C2H6/c1-13(2,3)8-9-15-10-12-6-5-7-14(12,4)11-15;1-2/h12H,5-11H2,1-4H3;1-2H3/t12-,14+;/m1./s1. The topological polar surface area (TPSA) is 3.24 Å². The Morgan fingerprint density at radius 3 is 2.41 bits per heavy atom. The van der Waals surface area contributed by atoms with Crippen molar-refractivity contribution in [3.63, 3.8) is 0 Å². The molecule has 2 rings (SSSR count). The van der Waals surface area contributed by atoms with Gasteiger partial charge in [0.2, 0.25) is 0 Å². The SMILES string of the molecule is CC.CC(C)(C)CCN1C[C@H]2CCC[C@@]2(C)C1. The maximum Gasteiger partial charge on any atom is 0.00386 e. The molecule has 1 saturated carbocycles. The summed E-state index contributed by atoms with van der Waals surface area (Å²) in [6, 6.07) is 0. The van der Waals surface area contributed by atoms with E-state index in [4.69, 9.17) is 0 Å². The molecule has 0 unspecified atom stereocenters. The first-order valence-corrected chi connectivity index (χ1v) is 7.61. The van der Waals surface area contributed by atoms with E-state index < -0.39 is 0 Å². The van der Waals surface area contributed by atoms with E-state index in [0.717, 1.165) is 5.92 Å². The molecule has 0 bridgehead atoms. The summed E-state index contributed by atoms with van der Waals surface area (Å²) >= 11 is 0. The molecule has 1 nitrogen and oxygen atoms in total. The van der Waals surface area contributed by atoms with Crippen LogP contribution >= 0.6 is 0 Å². The highest BCUT2D eigenvalue weighted by molar-refractivity contribution is 4.97. The summed E-state index contributed by atoms with van der Waals surface area (Å²) in [7, 11) is 0. The van der Waals surface area contributed by atoms with E-state index in [2.05, 4.69) is 32.6 Å². The van der Waals surface area contributed by atoms with E-state index in [9.17, 15) is 0 Å². The maximum atomic E-state index is 2.72. The molecule has 1 heterocycles. The minimum atomic E-state index is 0.499. The lowest BCUT2D eigenvalue weighted by Crippen LogP contribution is -2.28. The van der Waals surface area contributed by atoms with Crippen molar-refractivity contribution in [2.24, 2.45) is 16.7 Å². The van der Waals surface area contributed by atoms with Gasteiger partial charge < -0.3 is 4.90 Å².